The van der Waals surface area contributed by atoms with Gasteiger partial charge in [0, 0.05) is 37.3 Å². The highest BCUT2D eigenvalue weighted by Gasteiger charge is 2.14. The smallest absolute Gasteiger partial charge is 0.303 e. The van der Waals surface area contributed by atoms with Crippen molar-refractivity contribution in [3.8, 4) is 0 Å². The maximum absolute atomic E-state index is 12.2. The summed E-state index contributed by atoms with van der Waals surface area (Å²) in [7, 11) is 1.60. The van der Waals surface area contributed by atoms with E-state index in [9.17, 15) is 14.4 Å². The molecule has 0 radical (unpaired) electrons. The first-order chi connectivity index (χ1) is 9.79. The maximum Gasteiger partial charge on any atom is 0.303 e. The molecule has 1 amide bonds. The molecular weight excluding hydrogens is 272 g/mol. The fourth-order valence-electron chi connectivity index (χ4n) is 2.06. The van der Waals surface area contributed by atoms with Crippen LogP contribution in [0.15, 0.2) is 16.9 Å². The first-order valence-electron chi connectivity index (χ1n) is 7.00. The van der Waals surface area contributed by atoms with E-state index in [-0.39, 0.29) is 17.9 Å². The lowest BCUT2D eigenvalue weighted by Crippen LogP contribution is -2.29. The van der Waals surface area contributed by atoms with Crippen LogP contribution in [0.2, 0.25) is 0 Å². The molecule has 0 saturated heterocycles. The van der Waals surface area contributed by atoms with Gasteiger partial charge in [-0.05, 0) is 24.8 Å². The number of H-pyrrole nitrogens is 1. The van der Waals surface area contributed by atoms with Crippen molar-refractivity contribution in [3.05, 3.63) is 33.7 Å². The van der Waals surface area contributed by atoms with Crippen molar-refractivity contribution in [2.45, 2.75) is 33.1 Å². The number of hydrogen-bond donors (Lipinski definition) is 2. The van der Waals surface area contributed by atoms with E-state index in [4.69, 9.17) is 5.11 Å². The monoisotopic (exact) mass is 294 g/mol. The van der Waals surface area contributed by atoms with Crippen LogP contribution in [0.5, 0.6) is 0 Å². The zero-order valence-corrected chi connectivity index (χ0v) is 12.7. The lowest BCUT2D eigenvalue weighted by atomic mass is 10.1. The molecule has 0 unspecified atom stereocenters. The summed E-state index contributed by atoms with van der Waals surface area (Å²) in [5.41, 5.74) is 0.780. The normalized spacial score (nSPS) is 10.7. The van der Waals surface area contributed by atoms with E-state index in [1.54, 1.807) is 13.1 Å². The predicted octanol–water partition coefficient (Wildman–Crippen LogP) is 1.51. The molecule has 1 heterocycles. The summed E-state index contributed by atoms with van der Waals surface area (Å²) in [6.07, 6.45) is 1.10. The molecule has 116 valence electrons. The Hall–Kier alpha value is -2.11. The van der Waals surface area contributed by atoms with E-state index in [0.29, 0.717) is 30.9 Å². The highest BCUT2D eigenvalue weighted by molar-refractivity contribution is 5.94. The van der Waals surface area contributed by atoms with Gasteiger partial charge < -0.3 is 15.0 Å². The molecule has 0 aliphatic rings. The second-order valence-corrected chi connectivity index (χ2v) is 5.58. The molecule has 0 atom stereocenters. The average molecular weight is 294 g/mol. The third-order valence-corrected chi connectivity index (χ3v) is 3.01. The number of aliphatic carboxylic acids is 1. The molecule has 1 aromatic rings. The Bertz CT molecular complexity index is 563. The Balaban J connectivity index is 2.79. The molecule has 0 aromatic carbocycles. The first kappa shape index (κ1) is 16.9. The van der Waals surface area contributed by atoms with Crippen LogP contribution in [-0.2, 0) is 11.2 Å². The number of nitrogens with zero attached hydrogens (tertiary/aromatic N) is 1. The van der Waals surface area contributed by atoms with Gasteiger partial charge in [-0.2, -0.15) is 0 Å². The van der Waals surface area contributed by atoms with E-state index in [0.717, 1.165) is 5.69 Å². The number of aromatic amines is 1. The highest BCUT2D eigenvalue weighted by Crippen LogP contribution is 2.08. The van der Waals surface area contributed by atoms with Crippen LogP contribution in [-0.4, -0.2) is 40.5 Å². The van der Waals surface area contributed by atoms with Gasteiger partial charge in [-0.15, -0.1) is 0 Å². The van der Waals surface area contributed by atoms with Crippen molar-refractivity contribution in [1.82, 2.24) is 9.88 Å². The van der Waals surface area contributed by atoms with Crippen molar-refractivity contribution in [1.29, 1.82) is 0 Å². The van der Waals surface area contributed by atoms with Gasteiger partial charge in [-0.3, -0.25) is 14.4 Å². The van der Waals surface area contributed by atoms with Gasteiger partial charge in [-0.25, -0.2) is 0 Å². The van der Waals surface area contributed by atoms with Crippen molar-refractivity contribution in [2.75, 3.05) is 13.6 Å². The molecule has 21 heavy (non-hydrogen) atoms. The van der Waals surface area contributed by atoms with Gasteiger partial charge in [0.15, 0.2) is 0 Å². The summed E-state index contributed by atoms with van der Waals surface area (Å²) in [6, 6.07) is 2.97. The Kier molecular flexibility index (Phi) is 6.14. The molecule has 1 aromatic heterocycles. The minimum Gasteiger partial charge on any atom is -0.481 e. The lowest BCUT2D eigenvalue weighted by molar-refractivity contribution is -0.137. The average Bonchev–Trinajstić information content (AvgIpc) is 2.35. The lowest BCUT2D eigenvalue weighted by Gasteiger charge is -2.17. The fraction of sp³-hybridized carbons (Fsp3) is 0.533. The number of amides is 1. The number of nitrogens with one attached hydrogen (secondary N) is 1. The molecule has 2 N–H and O–H groups in total. The molecule has 6 heteroatoms. The second-order valence-electron chi connectivity index (χ2n) is 5.58. The summed E-state index contributed by atoms with van der Waals surface area (Å²) < 4.78 is 0. The van der Waals surface area contributed by atoms with Crippen molar-refractivity contribution in [2.24, 2.45) is 5.92 Å². The predicted molar refractivity (Wildman–Crippen MR) is 79.4 cm³/mol. The molecular formula is C15H22N2O4. The summed E-state index contributed by atoms with van der Waals surface area (Å²) in [5.74, 6) is -0.776. The van der Waals surface area contributed by atoms with Crippen LogP contribution in [0.4, 0.5) is 0 Å². The minimum atomic E-state index is -0.883. The number of carboxylic acid groups (broad SMARTS) is 1. The molecule has 0 fully saturated rings. The van der Waals surface area contributed by atoms with E-state index in [2.05, 4.69) is 4.98 Å². The Morgan fingerprint density at radius 1 is 1.33 bits per heavy atom. The summed E-state index contributed by atoms with van der Waals surface area (Å²) in [6.45, 7) is 4.41. The summed E-state index contributed by atoms with van der Waals surface area (Å²) >= 11 is 0. The number of carboxylic acids is 1. The van der Waals surface area contributed by atoms with E-state index >= 15 is 0 Å². The molecule has 1 rings (SSSR count). The Labute approximate surface area is 123 Å². The maximum atomic E-state index is 12.2. The quantitative estimate of drug-likeness (QED) is 0.797. The standard InChI is InChI=1S/C15H22N2O4/c1-10(2)7-12-8-11(9-13(18)16-12)15(21)17(3)6-4-5-14(19)20/h8-10H,4-7H2,1-3H3,(H,16,18)(H,19,20). The van der Waals surface area contributed by atoms with Crippen LogP contribution in [0.1, 0.15) is 42.7 Å². The van der Waals surface area contributed by atoms with Gasteiger partial charge in [0.2, 0.25) is 5.56 Å². The van der Waals surface area contributed by atoms with Gasteiger partial charge in [-0.1, -0.05) is 13.8 Å². The van der Waals surface area contributed by atoms with E-state index in [1.807, 2.05) is 13.8 Å². The third-order valence-electron chi connectivity index (χ3n) is 3.01. The zero-order valence-electron chi connectivity index (χ0n) is 12.7. The van der Waals surface area contributed by atoms with Crippen molar-refractivity contribution >= 4 is 11.9 Å². The van der Waals surface area contributed by atoms with Crippen molar-refractivity contribution in [3.63, 3.8) is 0 Å². The van der Waals surface area contributed by atoms with Crippen LogP contribution in [0.3, 0.4) is 0 Å². The number of rotatable bonds is 7. The van der Waals surface area contributed by atoms with Gasteiger partial charge >= 0.3 is 5.97 Å². The topological polar surface area (TPSA) is 90.5 Å². The Morgan fingerprint density at radius 2 is 2.00 bits per heavy atom. The third kappa shape index (κ3) is 5.81. The second kappa shape index (κ2) is 7.61. The largest absolute Gasteiger partial charge is 0.481 e. The minimum absolute atomic E-state index is 0.0194. The van der Waals surface area contributed by atoms with Crippen LogP contribution in [0, 0.1) is 5.92 Å². The molecule has 0 spiro atoms. The van der Waals surface area contributed by atoms with Crippen LogP contribution in [0.25, 0.3) is 0 Å². The van der Waals surface area contributed by atoms with Crippen molar-refractivity contribution < 1.29 is 14.7 Å². The van der Waals surface area contributed by atoms with Gasteiger partial charge in [0.05, 0.1) is 0 Å². The fourth-order valence-corrected chi connectivity index (χ4v) is 2.06. The molecule has 6 nitrogen and oxygen atoms in total. The van der Waals surface area contributed by atoms with Gasteiger partial charge in [0.1, 0.15) is 0 Å². The van der Waals surface area contributed by atoms with E-state index in [1.165, 1.54) is 11.0 Å². The summed E-state index contributed by atoms with van der Waals surface area (Å²) in [5, 5.41) is 8.59. The number of hydrogen-bond acceptors (Lipinski definition) is 3. The zero-order chi connectivity index (χ0) is 16.0. The van der Waals surface area contributed by atoms with Gasteiger partial charge in [0.25, 0.3) is 5.91 Å². The highest BCUT2D eigenvalue weighted by atomic mass is 16.4. The van der Waals surface area contributed by atoms with Crippen LogP contribution < -0.4 is 5.56 Å². The number of carbonyl (C=O) groups excluding carboxylic acids is 1. The molecule has 0 saturated carbocycles. The number of pyridine rings is 1. The number of aromatic nitrogens is 1. The molecule has 0 aliphatic carbocycles. The first-order valence-corrected chi connectivity index (χ1v) is 7.00. The summed E-state index contributed by atoms with van der Waals surface area (Å²) in [4.78, 5) is 38.5. The van der Waals surface area contributed by atoms with Crippen LogP contribution >= 0.6 is 0 Å². The SMILES string of the molecule is CC(C)Cc1cc(C(=O)N(C)CCCC(=O)O)cc(=O)[nH]1. The Morgan fingerprint density at radius 3 is 2.57 bits per heavy atom. The molecule has 0 aliphatic heterocycles. The van der Waals surface area contributed by atoms with E-state index < -0.39 is 5.97 Å². The number of carbonyl (C=O) groups is 2. The molecule has 0 bridgehead atoms.